The Kier molecular flexibility index (Phi) is 4.53. The molecule has 0 spiro atoms. The van der Waals surface area contributed by atoms with Gasteiger partial charge in [0.2, 0.25) is 0 Å². The summed E-state index contributed by atoms with van der Waals surface area (Å²) in [6, 6.07) is 3.06. The van der Waals surface area contributed by atoms with Gasteiger partial charge < -0.3 is 0 Å². The molecule has 1 fully saturated rings. The minimum atomic E-state index is -0.778. The van der Waals surface area contributed by atoms with Gasteiger partial charge in [-0.05, 0) is 51.3 Å². The van der Waals surface area contributed by atoms with Crippen LogP contribution in [0.2, 0.25) is 0 Å². The van der Waals surface area contributed by atoms with Gasteiger partial charge >= 0.3 is 0 Å². The Balaban J connectivity index is 2.16. The van der Waals surface area contributed by atoms with Gasteiger partial charge in [-0.2, -0.15) is 0 Å². The fourth-order valence-electron chi connectivity index (χ4n) is 3.07. The summed E-state index contributed by atoms with van der Waals surface area (Å²) in [5, 5.41) is 0. The molecule has 2 rings (SSSR count). The normalized spacial score (nSPS) is 25.4. The van der Waals surface area contributed by atoms with E-state index in [1.54, 1.807) is 6.92 Å². The number of ketones is 1. The number of benzene rings is 1. The molecule has 1 heterocycles. The van der Waals surface area contributed by atoms with Gasteiger partial charge in [0.25, 0.3) is 0 Å². The number of hydrogen-bond donors (Lipinski definition) is 0. The largest absolute Gasteiger partial charge is 0.292 e. The van der Waals surface area contributed by atoms with Gasteiger partial charge in [0.05, 0.1) is 11.6 Å². The average Bonchev–Trinajstić information content (AvgIpc) is 2.37. The Morgan fingerprint density at radius 1 is 1.35 bits per heavy atom. The van der Waals surface area contributed by atoms with E-state index < -0.39 is 11.6 Å². The number of piperidine rings is 1. The van der Waals surface area contributed by atoms with E-state index in [-0.39, 0.29) is 17.4 Å². The van der Waals surface area contributed by atoms with Crippen LogP contribution in [0.4, 0.5) is 8.78 Å². The molecule has 3 unspecified atom stereocenters. The van der Waals surface area contributed by atoms with Crippen LogP contribution in [-0.4, -0.2) is 29.3 Å². The van der Waals surface area contributed by atoms with Crippen molar-refractivity contribution in [3.63, 3.8) is 0 Å². The Hall–Kier alpha value is -1.29. The summed E-state index contributed by atoms with van der Waals surface area (Å²) >= 11 is 0. The van der Waals surface area contributed by atoms with Crippen LogP contribution in [0.1, 0.15) is 44.0 Å². The Labute approximate surface area is 118 Å². The number of halogens is 2. The fourth-order valence-corrected chi connectivity index (χ4v) is 3.07. The molecule has 1 aromatic rings. The van der Waals surface area contributed by atoms with Gasteiger partial charge in [0, 0.05) is 12.1 Å². The Morgan fingerprint density at radius 3 is 2.65 bits per heavy atom. The summed E-state index contributed by atoms with van der Waals surface area (Å²) in [5.74, 6) is -1.05. The van der Waals surface area contributed by atoms with Crippen molar-refractivity contribution in [2.75, 3.05) is 6.54 Å². The van der Waals surface area contributed by atoms with Crippen LogP contribution < -0.4 is 0 Å². The predicted molar refractivity (Wildman–Crippen MR) is 74.7 cm³/mol. The lowest BCUT2D eigenvalue weighted by Gasteiger charge is -2.39. The Morgan fingerprint density at radius 2 is 2.05 bits per heavy atom. The number of rotatable bonds is 3. The van der Waals surface area contributed by atoms with Crippen molar-refractivity contribution in [3.05, 3.63) is 35.4 Å². The van der Waals surface area contributed by atoms with E-state index in [1.807, 2.05) is 0 Å². The summed E-state index contributed by atoms with van der Waals surface area (Å²) in [7, 11) is 0. The van der Waals surface area contributed by atoms with E-state index in [4.69, 9.17) is 0 Å². The van der Waals surface area contributed by atoms with Gasteiger partial charge in [-0.15, -0.1) is 0 Å². The van der Waals surface area contributed by atoms with E-state index in [0.29, 0.717) is 12.0 Å². The average molecular weight is 281 g/mol. The van der Waals surface area contributed by atoms with E-state index in [0.717, 1.165) is 31.5 Å². The summed E-state index contributed by atoms with van der Waals surface area (Å²) in [6.07, 6.45) is 2.09. The highest BCUT2D eigenvalue weighted by Crippen LogP contribution is 2.25. The van der Waals surface area contributed by atoms with E-state index in [9.17, 15) is 13.6 Å². The lowest BCUT2D eigenvalue weighted by molar-refractivity contribution is 0.0624. The molecule has 0 N–H and O–H groups in total. The summed E-state index contributed by atoms with van der Waals surface area (Å²) < 4.78 is 26.6. The van der Waals surface area contributed by atoms with Gasteiger partial charge in [-0.25, -0.2) is 8.78 Å². The maximum atomic E-state index is 13.7. The second-order valence-corrected chi connectivity index (χ2v) is 5.88. The molecule has 1 saturated heterocycles. The van der Waals surface area contributed by atoms with Crippen LogP contribution in [0.5, 0.6) is 0 Å². The molecule has 0 saturated carbocycles. The van der Waals surface area contributed by atoms with Crippen molar-refractivity contribution in [1.29, 1.82) is 0 Å². The molecule has 1 aliphatic rings. The molecule has 1 aromatic carbocycles. The van der Waals surface area contributed by atoms with Crippen molar-refractivity contribution < 1.29 is 13.6 Å². The van der Waals surface area contributed by atoms with E-state index in [2.05, 4.69) is 18.7 Å². The zero-order valence-electron chi connectivity index (χ0n) is 12.2. The third-order valence-electron chi connectivity index (χ3n) is 4.26. The number of Topliss-reactive ketones (excluding diaryl/α,β-unsaturated/α-hetero) is 1. The second kappa shape index (κ2) is 6.00. The van der Waals surface area contributed by atoms with Crippen LogP contribution in [0.3, 0.4) is 0 Å². The molecular formula is C16H21F2NO. The minimum Gasteiger partial charge on any atom is -0.292 e. The minimum absolute atomic E-state index is 0.0234. The van der Waals surface area contributed by atoms with Gasteiger partial charge in [-0.3, -0.25) is 9.69 Å². The third kappa shape index (κ3) is 3.06. The molecule has 0 amide bonds. The smallest absolute Gasteiger partial charge is 0.182 e. The first-order chi connectivity index (χ1) is 9.40. The highest BCUT2D eigenvalue weighted by Gasteiger charge is 2.31. The van der Waals surface area contributed by atoms with Crippen LogP contribution in [-0.2, 0) is 0 Å². The summed E-state index contributed by atoms with van der Waals surface area (Å²) in [5.41, 5.74) is -0.0234. The van der Waals surface area contributed by atoms with Gasteiger partial charge in [0.15, 0.2) is 5.78 Å². The molecular weight excluding hydrogens is 260 g/mol. The van der Waals surface area contributed by atoms with Crippen LogP contribution in [0.15, 0.2) is 18.2 Å². The first kappa shape index (κ1) is 15.1. The predicted octanol–water partition coefficient (Wildman–Crippen LogP) is 3.66. The summed E-state index contributed by atoms with van der Waals surface area (Å²) in [4.78, 5) is 14.5. The topological polar surface area (TPSA) is 20.3 Å². The standard InChI is InChI=1S/C16H21F2NO/c1-10-6-7-19(11(2)8-10)12(3)16(20)14-5-4-13(17)9-15(14)18/h4-5,9-12H,6-8H2,1-3H3. The molecule has 4 heteroatoms. The quantitative estimate of drug-likeness (QED) is 0.788. The zero-order valence-corrected chi connectivity index (χ0v) is 12.2. The first-order valence-electron chi connectivity index (χ1n) is 7.15. The number of hydrogen-bond acceptors (Lipinski definition) is 2. The lowest BCUT2D eigenvalue weighted by Crippen LogP contribution is -2.48. The van der Waals surface area contributed by atoms with Crippen LogP contribution in [0.25, 0.3) is 0 Å². The van der Waals surface area contributed by atoms with Gasteiger partial charge in [-0.1, -0.05) is 6.92 Å². The van der Waals surface area contributed by atoms with Crippen molar-refractivity contribution in [1.82, 2.24) is 4.90 Å². The SMILES string of the molecule is CC1CCN(C(C)C(=O)c2ccc(F)cc2F)C(C)C1. The van der Waals surface area contributed by atoms with Crippen molar-refractivity contribution in [3.8, 4) is 0 Å². The number of carbonyl (C=O) groups excluding carboxylic acids is 1. The monoisotopic (exact) mass is 281 g/mol. The molecule has 0 radical (unpaired) electrons. The molecule has 20 heavy (non-hydrogen) atoms. The summed E-state index contributed by atoms with van der Waals surface area (Å²) in [6.45, 7) is 6.95. The number of nitrogens with zero attached hydrogens (tertiary/aromatic N) is 1. The number of carbonyl (C=O) groups is 1. The van der Waals surface area contributed by atoms with Crippen LogP contribution >= 0.6 is 0 Å². The third-order valence-corrected chi connectivity index (χ3v) is 4.26. The Bertz CT molecular complexity index is 503. The first-order valence-corrected chi connectivity index (χ1v) is 7.15. The van der Waals surface area contributed by atoms with Crippen LogP contribution in [0, 0.1) is 17.6 Å². The maximum Gasteiger partial charge on any atom is 0.182 e. The van der Waals surface area contributed by atoms with Crippen molar-refractivity contribution in [2.24, 2.45) is 5.92 Å². The molecule has 110 valence electrons. The number of likely N-dealkylation sites (tertiary alicyclic amines) is 1. The van der Waals surface area contributed by atoms with Crippen molar-refractivity contribution >= 4 is 5.78 Å². The molecule has 0 aliphatic carbocycles. The lowest BCUT2D eigenvalue weighted by atomic mass is 9.91. The second-order valence-electron chi connectivity index (χ2n) is 5.88. The van der Waals surface area contributed by atoms with E-state index >= 15 is 0 Å². The van der Waals surface area contributed by atoms with Gasteiger partial charge in [0.1, 0.15) is 11.6 Å². The zero-order chi connectivity index (χ0) is 14.9. The highest BCUT2D eigenvalue weighted by atomic mass is 19.1. The fraction of sp³-hybridized carbons (Fsp3) is 0.562. The molecule has 0 bridgehead atoms. The van der Waals surface area contributed by atoms with Crippen molar-refractivity contribution in [2.45, 2.75) is 45.7 Å². The molecule has 1 aliphatic heterocycles. The molecule has 2 nitrogen and oxygen atoms in total. The molecule has 3 atom stereocenters. The van der Waals surface area contributed by atoms with E-state index in [1.165, 1.54) is 6.07 Å². The maximum absolute atomic E-state index is 13.7. The molecule has 0 aromatic heterocycles. The highest BCUT2D eigenvalue weighted by molar-refractivity contribution is 6.00.